The molecule has 1 nitrogen and oxygen atoms in total. The van der Waals surface area contributed by atoms with E-state index in [0.29, 0.717) is 16.5 Å². The predicted molar refractivity (Wildman–Crippen MR) is 75.0 cm³/mol. The summed E-state index contributed by atoms with van der Waals surface area (Å²) in [5.74, 6) is 0. The van der Waals surface area contributed by atoms with Gasteiger partial charge in [-0.15, -0.1) is 0 Å². The van der Waals surface area contributed by atoms with Crippen molar-refractivity contribution in [2.75, 3.05) is 6.54 Å². The molecule has 17 heavy (non-hydrogen) atoms. The van der Waals surface area contributed by atoms with E-state index in [1.807, 2.05) is 18.2 Å². The van der Waals surface area contributed by atoms with E-state index in [9.17, 15) is 0 Å². The SMILES string of the molecule is CCNC(Cc1ccc(Cl)cc1Cl)C1(C)CC1. The molecule has 1 aromatic carbocycles. The number of benzene rings is 1. The zero-order valence-electron chi connectivity index (χ0n) is 10.4. The Balaban J connectivity index is 2.11. The van der Waals surface area contributed by atoms with E-state index < -0.39 is 0 Å². The van der Waals surface area contributed by atoms with Crippen LogP contribution < -0.4 is 5.32 Å². The Hall–Kier alpha value is -0.240. The van der Waals surface area contributed by atoms with Crippen LogP contribution in [0.15, 0.2) is 18.2 Å². The molecule has 0 radical (unpaired) electrons. The van der Waals surface area contributed by atoms with Crippen molar-refractivity contribution in [3.63, 3.8) is 0 Å². The molecule has 0 aromatic heterocycles. The normalized spacial score (nSPS) is 19.1. The van der Waals surface area contributed by atoms with Crippen LogP contribution in [-0.2, 0) is 6.42 Å². The standard InChI is InChI=1S/C14H19Cl2N/c1-3-17-13(14(2)6-7-14)8-10-4-5-11(15)9-12(10)16/h4-5,9,13,17H,3,6-8H2,1-2H3. The largest absolute Gasteiger partial charge is 0.313 e. The van der Waals surface area contributed by atoms with Crippen LogP contribution in [-0.4, -0.2) is 12.6 Å². The fourth-order valence-corrected chi connectivity index (χ4v) is 2.75. The van der Waals surface area contributed by atoms with Gasteiger partial charge in [-0.1, -0.05) is 43.1 Å². The molecule has 1 aromatic rings. The van der Waals surface area contributed by atoms with Gasteiger partial charge in [-0.25, -0.2) is 0 Å². The Labute approximate surface area is 114 Å². The minimum absolute atomic E-state index is 0.457. The number of likely N-dealkylation sites (N-methyl/N-ethyl adjacent to an activating group) is 1. The van der Waals surface area contributed by atoms with Gasteiger partial charge in [0, 0.05) is 16.1 Å². The lowest BCUT2D eigenvalue weighted by Crippen LogP contribution is -2.38. The van der Waals surface area contributed by atoms with Crippen molar-refractivity contribution in [3.05, 3.63) is 33.8 Å². The molecule has 1 unspecified atom stereocenters. The first-order valence-electron chi connectivity index (χ1n) is 6.22. The summed E-state index contributed by atoms with van der Waals surface area (Å²) in [7, 11) is 0. The third-order valence-corrected chi connectivity index (χ3v) is 4.36. The minimum Gasteiger partial charge on any atom is -0.313 e. The number of rotatable bonds is 5. The monoisotopic (exact) mass is 271 g/mol. The highest BCUT2D eigenvalue weighted by Gasteiger charge is 2.44. The molecule has 94 valence electrons. The van der Waals surface area contributed by atoms with Gasteiger partial charge in [-0.3, -0.25) is 0 Å². The van der Waals surface area contributed by atoms with Gasteiger partial charge < -0.3 is 5.32 Å². The molecule has 1 N–H and O–H groups in total. The lowest BCUT2D eigenvalue weighted by atomic mass is 9.92. The van der Waals surface area contributed by atoms with Crippen molar-refractivity contribution in [2.24, 2.45) is 5.41 Å². The second-order valence-electron chi connectivity index (χ2n) is 5.20. The molecule has 1 atom stereocenters. The molecule has 1 saturated carbocycles. The Morgan fingerprint density at radius 3 is 2.59 bits per heavy atom. The molecule has 0 aliphatic heterocycles. The van der Waals surface area contributed by atoms with E-state index in [-0.39, 0.29) is 0 Å². The van der Waals surface area contributed by atoms with E-state index in [0.717, 1.165) is 18.0 Å². The van der Waals surface area contributed by atoms with E-state index in [1.54, 1.807) is 0 Å². The van der Waals surface area contributed by atoms with Crippen LogP contribution in [0.5, 0.6) is 0 Å². The maximum absolute atomic E-state index is 6.23. The van der Waals surface area contributed by atoms with Crippen LogP contribution in [0.4, 0.5) is 0 Å². The molecule has 1 aliphatic carbocycles. The van der Waals surface area contributed by atoms with Gasteiger partial charge in [0.15, 0.2) is 0 Å². The van der Waals surface area contributed by atoms with E-state index in [1.165, 1.54) is 18.4 Å². The predicted octanol–water partition coefficient (Wildman–Crippen LogP) is 4.31. The number of hydrogen-bond acceptors (Lipinski definition) is 1. The zero-order chi connectivity index (χ0) is 12.5. The summed E-state index contributed by atoms with van der Waals surface area (Å²) < 4.78 is 0. The Kier molecular flexibility index (Phi) is 4.02. The van der Waals surface area contributed by atoms with E-state index >= 15 is 0 Å². The fourth-order valence-electron chi connectivity index (χ4n) is 2.26. The smallest absolute Gasteiger partial charge is 0.0453 e. The Morgan fingerprint density at radius 2 is 2.06 bits per heavy atom. The summed E-state index contributed by atoms with van der Waals surface area (Å²) in [5, 5.41) is 5.07. The quantitative estimate of drug-likeness (QED) is 0.842. The van der Waals surface area contributed by atoms with Crippen LogP contribution >= 0.6 is 23.2 Å². The summed E-state index contributed by atoms with van der Waals surface area (Å²) in [6, 6.07) is 6.31. The Morgan fingerprint density at radius 1 is 1.35 bits per heavy atom. The third kappa shape index (κ3) is 3.15. The van der Waals surface area contributed by atoms with Gasteiger partial charge in [0.1, 0.15) is 0 Å². The average Bonchev–Trinajstić information content (AvgIpc) is 3.01. The highest BCUT2D eigenvalue weighted by molar-refractivity contribution is 6.35. The first-order valence-corrected chi connectivity index (χ1v) is 6.98. The summed E-state index contributed by atoms with van der Waals surface area (Å²) in [6.45, 7) is 5.51. The molecule has 0 heterocycles. The van der Waals surface area contributed by atoms with Gasteiger partial charge in [0.25, 0.3) is 0 Å². The van der Waals surface area contributed by atoms with Gasteiger partial charge in [-0.2, -0.15) is 0 Å². The molecular weight excluding hydrogens is 253 g/mol. The van der Waals surface area contributed by atoms with Crippen LogP contribution in [0.3, 0.4) is 0 Å². The number of nitrogens with one attached hydrogen (secondary N) is 1. The first kappa shape index (κ1) is 13.2. The summed E-state index contributed by atoms with van der Waals surface area (Å²) in [6.07, 6.45) is 3.62. The Bertz CT molecular complexity index is 399. The summed E-state index contributed by atoms with van der Waals surface area (Å²) >= 11 is 12.1. The lowest BCUT2D eigenvalue weighted by molar-refractivity contribution is 0.360. The molecule has 0 bridgehead atoms. The van der Waals surface area contributed by atoms with Crippen LogP contribution in [0.1, 0.15) is 32.3 Å². The molecule has 1 fully saturated rings. The number of halogens is 2. The summed E-state index contributed by atoms with van der Waals surface area (Å²) in [5.41, 5.74) is 1.65. The minimum atomic E-state index is 0.457. The maximum Gasteiger partial charge on any atom is 0.0453 e. The fraction of sp³-hybridized carbons (Fsp3) is 0.571. The molecule has 1 aliphatic rings. The van der Waals surface area contributed by atoms with Crippen molar-refractivity contribution in [1.82, 2.24) is 5.32 Å². The van der Waals surface area contributed by atoms with Gasteiger partial charge in [0.2, 0.25) is 0 Å². The maximum atomic E-state index is 6.23. The third-order valence-electron chi connectivity index (χ3n) is 3.77. The van der Waals surface area contributed by atoms with Gasteiger partial charge in [0.05, 0.1) is 0 Å². The zero-order valence-corrected chi connectivity index (χ0v) is 11.9. The highest BCUT2D eigenvalue weighted by atomic mass is 35.5. The second kappa shape index (κ2) is 5.17. The molecule has 2 rings (SSSR count). The van der Waals surface area contributed by atoms with Crippen molar-refractivity contribution >= 4 is 23.2 Å². The van der Waals surface area contributed by atoms with Crippen molar-refractivity contribution in [3.8, 4) is 0 Å². The van der Waals surface area contributed by atoms with Crippen molar-refractivity contribution in [2.45, 2.75) is 39.2 Å². The van der Waals surface area contributed by atoms with Crippen LogP contribution in [0.2, 0.25) is 10.0 Å². The van der Waals surface area contributed by atoms with E-state index in [4.69, 9.17) is 23.2 Å². The molecule has 0 saturated heterocycles. The highest BCUT2D eigenvalue weighted by Crippen LogP contribution is 2.49. The molecule has 3 heteroatoms. The van der Waals surface area contributed by atoms with Crippen LogP contribution in [0.25, 0.3) is 0 Å². The summed E-state index contributed by atoms with van der Waals surface area (Å²) in [4.78, 5) is 0. The van der Waals surface area contributed by atoms with Crippen molar-refractivity contribution in [1.29, 1.82) is 0 Å². The van der Waals surface area contributed by atoms with Crippen molar-refractivity contribution < 1.29 is 0 Å². The molecular formula is C14H19Cl2N. The second-order valence-corrected chi connectivity index (χ2v) is 6.05. The van der Waals surface area contributed by atoms with Gasteiger partial charge in [-0.05, 0) is 48.9 Å². The topological polar surface area (TPSA) is 12.0 Å². The lowest BCUT2D eigenvalue weighted by Gasteiger charge is -2.25. The molecule has 0 spiro atoms. The van der Waals surface area contributed by atoms with Crippen LogP contribution in [0, 0.1) is 5.41 Å². The molecule has 0 amide bonds. The van der Waals surface area contributed by atoms with Gasteiger partial charge >= 0.3 is 0 Å². The number of hydrogen-bond donors (Lipinski definition) is 1. The first-order chi connectivity index (χ1) is 8.05. The average molecular weight is 272 g/mol. The van der Waals surface area contributed by atoms with E-state index in [2.05, 4.69) is 19.2 Å².